The summed E-state index contributed by atoms with van der Waals surface area (Å²) in [7, 11) is 0. The van der Waals surface area contributed by atoms with E-state index in [1.807, 2.05) is 0 Å². The van der Waals surface area contributed by atoms with Gasteiger partial charge in [0.2, 0.25) is 5.91 Å². The Morgan fingerprint density at radius 3 is 2.12 bits per heavy atom. The van der Waals surface area contributed by atoms with Crippen molar-refractivity contribution in [2.45, 2.75) is 33.2 Å². The van der Waals surface area contributed by atoms with Crippen molar-refractivity contribution >= 4 is 11.9 Å². The van der Waals surface area contributed by atoms with Crippen LogP contribution >= 0.6 is 0 Å². The number of hydrogen-bond donors (Lipinski definition) is 1. The summed E-state index contributed by atoms with van der Waals surface area (Å²) in [6, 6.07) is 0.532. The van der Waals surface area contributed by atoms with Gasteiger partial charge in [0.15, 0.2) is 0 Å². The van der Waals surface area contributed by atoms with Crippen LogP contribution < -0.4 is 0 Å². The quantitative estimate of drug-likeness (QED) is 0.735. The maximum Gasteiger partial charge on any atom is 0.315 e. The van der Waals surface area contributed by atoms with Crippen LogP contribution in [0.15, 0.2) is 0 Å². The van der Waals surface area contributed by atoms with Crippen molar-refractivity contribution in [3.05, 3.63) is 0 Å². The topological polar surface area (TPSA) is 60.9 Å². The number of carboxylic acids is 1. The predicted molar refractivity (Wildman–Crippen MR) is 64.7 cm³/mol. The Hall–Kier alpha value is -1.10. The molecule has 17 heavy (non-hydrogen) atoms. The fraction of sp³-hybridized carbons (Fsp3) is 0.833. The number of carboxylic acid groups (broad SMARTS) is 1. The number of nitrogens with zero attached hydrogens (tertiary/aromatic N) is 2. The molecule has 2 atom stereocenters. The van der Waals surface area contributed by atoms with Gasteiger partial charge in [0, 0.05) is 32.2 Å². The van der Waals surface area contributed by atoms with Gasteiger partial charge in [-0.05, 0) is 20.3 Å². The van der Waals surface area contributed by atoms with Crippen LogP contribution in [0.25, 0.3) is 0 Å². The van der Waals surface area contributed by atoms with Gasteiger partial charge in [0.1, 0.15) is 5.92 Å². The smallest absolute Gasteiger partial charge is 0.315 e. The van der Waals surface area contributed by atoms with Crippen LogP contribution in [0.3, 0.4) is 0 Å². The molecule has 0 aromatic carbocycles. The van der Waals surface area contributed by atoms with E-state index in [9.17, 15) is 9.59 Å². The Bertz CT molecular complexity index is 285. The highest BCUT2D eigenvalue weighted by molar-refractivity contribution is 5.96. The Balaban J connectivity index is 2.46. The fourth-order valence-electron chi connectivity index (χ4n) is 2.02. The Morgan fingerprint density at radius 1 is 1.18 bits per heavy atom. The summed E-state index contributed by atoms with van der Waals surface area (Å²) in [6.45, 7) is 8.74. The number of carbonyl (C=O) groups excluding carboxylic acids is 1. The molecule has 1 fully saturated rings. The Labute approximate surface area is 102 Å². The zero-order chi connectivity index (χ0) is 13.0. The third-order valence-corrected chi connectivity index (χ3v) is 3.58. The molecule has 1 N–H and O–H groups in total. The van der Waals surface area contributed by atoms with Gasteiger partial charge in [-0.2, -0.15) is 0 Å². The molecule has 1 heterocycles. The zero-order valence-electron chi connectivity index (χ0n) is 10.8. The number of hydrogen-bond acceptors (Lipinski definition) is 3. The van der Waals surface area contributed by atoms with E-state index in [1.165, 1.54) is 6.92 Å². The lowest BCUT2D eigenvalue weighted by molar-refractivity contribution is -0.151. The largest absolute Gasteiger partial charge is 0.481 e. The van der Waals surface area contributed by atoms with Crippen LogP contribution in [0.5, 0.6) is 0 Å². The van der Waals surface area contributed by atoms with Gasteiger partial charge in [-0.3, -0.25) is 14.5 Å². The average Bonchev–Trinajstić information content (AvgIpc) is 2.36. The van der Waals surface area contributed by atoms with Crippen molar-refractivity contribution in [2.24, 2.45) is 5.92 Å². The van der Waals surface area contributed by atoms with Gasteiger partial charge in [-0.1, -0.05) is 6.92 Å². The molecule has 1 aliphatic heterocycles. The van der Waals surface area contributed by atoms with E-state index in [1.54, 1.807) is 4.90 Å². The molecule has 0 saturated carbocycles. The molecular formula is C12H22N2O3. The van der Waals surface area contributed by atoms with Gasteiger partial charge >= 0.3 is 5.97 Å². The van der Waals surface area contributed by atoms with Crippen molar-refractivity contribution < 1.29 is 14.7 Å². The summed E-state index contributed by atoms with van der Waals surface area (Å²) < 4.78 is 0. The predicted octanol–water partition coefficient (Wildman–Crippen LogP) is 0.650. The summed E-state index contributed by atoms with van der Waals surface area (Å²) in [5, 5.41) is 8.80. The van der Waals surface area contributed by atoms with Gasteiger partial charge in [-0.25, -0.2) is 0 Å². The number of aliphatic carboxylic acids is 1. The molecular weight excluding hydrogens is 220 g/mol. The van der Waals surface area contributed by atoms with Crippen molar-refractivity contribution in [3.8, 4) is 0 Å². The number of rotatable bonds is 4. The second kappa shape index (κ2) is 6.00. The van der Waals surface area contributed by atoms with E-state index in [-0.39, 0.29) is 5.91 Å². The van der Waals surface area contributed by atoms with Crippen molar-refractivity contribution in [3.63, 3.8) is 0 Å². The van der Waals surface area contributed by atoms with Crippen LogP contribution in [0, 0.1) is 5.92 Å². The minimum absolute atomic E-state index is 0.263. The summed E-state index contributed by atoms with van der Waals surface area (Å²) in [6.07, 6.45) is 1.10. The monoisotopic (exact) mass is 242 g/mol. The Kier molecular flexibility index (Phi) is 4.93. The van der Waals surface area contributed by atoms with Crippen LogP contribution in [0.4, 0.5) is 0 Å². The fourth-order valence-corrected chi connectivity index (χ4v) is 2.02. The molecule has 0 bridgehead atoms. The summed E-state index contributed by atoms with van der Waals surface area (Å²) >= 11 is 0. The average molecular weight is 242 g/mol. The highest BCUT2D eigenvalue weighted by Crippen LogP contribution is 2.11. The number of carbonyl (C=O) groups is 2. The molecule has 0 aromatic heterocycles. The van der Waals surface area contributed by atoms with Crippen LogP contribution in [0.1, 0.15) is 27.2 Å². The SMILES string of the molecule is CCC(C)N1CCN(C(=O)C(C)C(=O)O)CC1. The highest BCUT2D eigenvalue weighted by Gasteiger charge is 2.29. The van der Waals surface area contributed by atoms with Crippen LogP contribution in [0.2, 0.25) is 0 Å². The van der Waals surface area contributed by atoms with E-state index in [0.717, 1.165) is 19.5 Å². The first-order valence-corrected chi connectivity index (χ1v) is 6.23. The van der Waals surface area contributed by atoms with Gasteiger partial charge in [0.25, 0.3) is 0 Å². The molecule has 0 aromatic rings. The third-order valence-electron chi connectivity index (χ3n) is 3.58. The number of piperazine rings is 1. The van der Waals surface area contributed by atoms with Gasteiger partial charge in [0.05, 0.1) is 0 Å². The molecule has 0 radical (unpaired) electrons. The lowest BCUT2D eigenvalue weighted by atomic mass is 10.1. The standard InChI is InChI=1S/C12H22N2O3/c1-4-9(2)13-5-7-14(8-6-13)11(15)10(3)12(16)17/h9-10H,4-8H2,1-3H3,(H,16,17). The van der Waals surface area contributed by atoms with E-state index >= 15 is 0 Å². The van der Waals surface area contributed by atoms with E-state index in [2.05, 4.69) is 18.7 Å². The van der Waals surface area contributed by atoms with E-state index < -0.39 is 11.9 Å². The van der Waals surface area contributed by atoms with Crippen molar-refractivity contribution in [2.75, 3.05) is 26.2 Å². The maximum atomic E-state index is 11.8. The molecule has 0 aliphatic carbocycles. The van der Waals surface area contributed by atoms with Crippen molar-refractivity contribution in [1.82, 2.24) is 9.80 Å². The zero-order valence-corrected chi connectivity index (χ0v) is 10.8. The summed E-state index contributed by atoms with van der Waals surface area (Å²) in [5.41, 5.74) is 0. The molecule has 1 rings (SSSR count). The molecule has 1 amide bonds. The first kappa shape index (κ1) is 14.0. The summed E-state index contributed by atoms with van der Waals surface area (Å²) in [5.74, 6) is -2.23. The van der Waals surface area contributed by atoms with Gasteiger partial charge < -0.3 is 10.0 Å². The number of amides is 1. The molecule has 98 valence electrons. The van der Waals surface area contributed by atoms with E-state index in [0.29, 0.717) is 19.1 Å². The molecule has 1 saturated heterocycles. The minimum Gasteiger partial charge on any atom is -0.481 e. The summed E-state index contributed by atoms with van der Waals surface area (Å²) in [4.78, 5) is 26.6. The highest BCUT2D eigenvalue weighted by atomic mass is 16.4. The minimum atomic E-state index is -1.04. The second-order valence-electron chi connectivity index (χ2n) is 4.68. The Morgan fingerprint density at radius 2 is 1.71 bits per heavy atom. The lowest BCUT2D eigenvalue weighted by Crippen LogP contribution is -2.52. The molecule has 5 heteroatoms. The van der Waals surface area contributed by atoms with E-state index in [4.69, 9.17) is 5.11 Å². The lowest BCUT2D eigenvalue weighted by Gasteiger charge is -2.38. The molecule has 5 nitrogen and oxygen atoms in total. The maximum absolute atomic E-state index is 11.8. The van der Waals surface area contributed by atoms with Crippen LogP contribution in [-0.2, 0) is 9.59 Å². The normalized spacial score (nSPS) is 21.0. The van der Waals surface area contributed by atoms with Crippen molar-refractivity contribution in [1.29, 1.82) is 0 Å². The molecule has 0 spiro atoms. The first-order chi connectivity index (χ1) is 7.97. The molecule has 2 unspecified atom stereocenters. The molecule has 1 aliphatic rings. The van der Waals surface area contributed by atoms with Gasteiger partial charge in [-0.15, -0.1) is 0 Å². The third kappa shape index (κ3) is 3.43. The van der Waals surface area contributed by atoms with Crippen LogP contribution in [-0.4, -0.2) is 59.0 Å². The second-order valence-corrected chi connectivity index (χ2v) is 4.68. The first-order valence-electron chi connectivity index (χ1n) is 6.23.